The molecule has 0 amide bonds. The van der Waals surface area contributed by atoms with Crippen molar-refractivity contribution in [1.29, 1.82) is 0 Å². The Hall–Kier alpha value is -1.80. The summed E-state index contributed by atoms with van der Waals surface area (Å²) in [5, 5.41) is 0. The molecule has 1 atom stereocenters. The highest BCUT2D eigenvalue weighted by atomic mass is 16.5. The monoisotopic (exact) mass is 283 g/mol. The van der Waals surface area contributed by atoms with Crippen LogP contribution in [-0.2, 0) is 5.41 Å². The Balaban J connectivity index is 2.39. The van der Waals surface area contributed by atoms with E-state index >= 15 is 0 Å². The maximum atomic E-state index is 5.28. The molecule has 0 aromatic heterocycles. The second kappa shape index (κ2) is 6.77. The minimum Gasteiger partial charge on any atom is -0.497 e. The fraction of sp³-hybridized carbons (Fsp3) is 0.368. The van der Waals surface area contributed by atoms with Gasteiger partial charge in [0, 0.05) is 5.41 Å². The quantitative estimate of drug-likeness (QED) is 0.796. The molecule has 0 aliphatic heterocycles. The molecule has 0 bridgehead atoms. The van der Waals surface area contributed by atoms with Gasteiger partial charge in [0.25, 0.3) is 0 Å². The van der Waals surface area contributed by atoms with Crippen molar-refractivity contribution in [3.8, 4) is 5.75 Å². The Morgan fingerprint density at radius 2 is 1.48 bits per heavy atom. The van der Waals surface area contributed by atoms with E-state index in [2.05, 4.69) is 68.4 Å². The molecule has 0 heterocycles. The van der Waals surface area contributed by atoms with Gasteiger partial charge < -0.3 is 9.64 Å². The highest BCUT2D eigenvalue weighted by Gasteiger charge is 2.28. The summed E-state index contributed by atoms with van der Waals surface area (Å²) in [5.41, 5.74) is 2.70. The predicted molar refractivity (Wildman–Crippen MR) is 89.1 cm³/mol. The van der Waals surface area contributed by atoms with E-state index in [1.807, 2.05) is 12.1 Å². The molecule has 2 aromatic carbocycles. The number of hydrogen-bond acceptors (Lipinski definition) is 2. The maximum Gasteiger partial charge on any atom is 0.118 e. The number of hydrogen-bond donors (Lipinski definition) is 0. The lowest BCUT2D eigenvalue weighted by Gasteiger charge is -2.32. The van der Waals surface area contributed by atoms with Gasteiger partial charge in [0.05, 0.1) is 7.11 Å². The van der Waals surface area contributed by atoms with Gasteiger partial charge in [-0.3, -0.25) is 0 Å². The van der Waals surface area contributed by atoms with Gasteiger partial charge in [-0.1, -0.05) is 49.4 Å². The first kappa shape index (κ1) is 15.6. The molecule has 112 valence electrons. The molecule has 0 spiro atoms. The van der Waals surface area contributed by atoms with Crippen LogP contribution in [0.15, 0.2) is 54.6 Å². The third-order valence-electron chi connectivity index (χ3n) is 4.20. The zero-order valence-corrected chi connectivity index (χ0v) is 13.5. The molecule has 0 saturated carbocycles. The topological polar surface area (TPSA) is 12.5 Å². The summed E-state index contributed by atoms with van der Waals surface area (Å²) in [6, 6.07) is 19.2. The number of benzene rings is 2. The third-order valence-corrected chi connectivity index (χ3v) is 4.20. The summed E-state index contributed by atoms with van der Waals surface area (Å²) in [6.07, 6.45) is 1.08. The normalized spacial score (nSPS) is 14.0. The Labute approximate surface area is 128 Å². The fourth-order valence-corrected chi connectivity index (χ4v) is 2.67. The molecule has 21 heavy (non-hydrogen) atoms. The average Bonchev–Trinajstić information content (AvgIpc) is 2.53. The smallest absolute Gasteiger partial charge is 0.118 e. The van der Waals surface area contributed by atoms with Crippen LogP contribution in [0.1, 0.15) is 24.5 Å². The highest BCUT2D eigenvalue weighted by molar-refractivity contribution is 5.40. The summed E-state index contributed by atoms with van der Waals surface area (Å²) in [7, 11) is 5.95. The minimum atomic E-state index is 0.0117. The molecule has 0 N–H and O–H groups in total. The summed E-state index contributed by atoms with van der Waals surface area (Å²) in [4.78, 5) is 2.24. The molecule has 0 saturated heterocycles. The number of ether oxygens (including phenoxy) is 1. The van der Waals surface area contributed by atoms with Crippen LogP contribution in [0.5, 0.6) is 5.75 Å². The van der Waals surface area contributed by atoms with Crippen molar-refractivity contribution in [3.63, 3.8) is 0 Å². The van der Waals surface area contributed by atoms with Gasteiger partial charge in [-0.15, -0.1) is 0 Å². The number of nitrogens with zero attached hydrogens (tertiary/aromatic N) is 1. The van der Waals surface area contributed by atoms with E-state index in [0.29, 0.717) is 0 Å². The molecule has 0 aliphatic carbocycles. The molecule has 2 aromatic rings. The van der Waals surface area contributed by atoms with Gasteiger partial charge in [0.1, 0.15) is 5.75 Å². The zero-order valence-electron chi connectivity index (χ0n) is 13.5. The van der Waals surface area contributed by atoms with Crippen LogP contribution in [0, 0.1) is 0 Å². The van der Waals surface area contributed by atoms with Gasteiger partial charge in [0.2, 0.25) is 0 Å². The highest BCUT2D eigenvalue weighted by Crippen LogP contribution is 2.36. The van der Waals surface area contributed by atoms with Gasteiger partial charge >= 0.3 is 0 Å². The fourth-order valence-electron chi connectivity index (χ4n) is 2.67. The lowest BCUT2D eigenvalue weighted by molar-refractivity contribution is 0.354. The average molecular weight is 283 g/mol. The van der Waals surface area contributed by atoms with Crippen LogP contribution in [0.3, 0.4) is 0 Å². The van der Waals surface area contributed by atoms with Gasteiger partial charge in [-0.25, -0.2) is 0 Å². The number of rotatable bonds is 6. The summed E-state index contributed by atoms with van der Waals surface area (Å²) in [5.74, 6) is 0.904. The molecule has 2 nitrogen and oxygen atoms in total. The van der Waals surface area contributed by atoms with Crippen molar-refractivity contribution in [2.45, 2.75) is 18.8 Å². The Morgan fingerprint density at radius 1 is 0.905 bits per heavy atom. The largest absolute Gasteiger partial charge is 0.497 e. The summed E-state index contributed by atoms with van der Waals surface area (Å²) >= 11 is 0. The van der Waals surface area contributed by atoms with Crippen LogP contribution in [-0.4, -0.2) is 32.6 Å². The molecule has 0 fully saturated rings. The van der Waals surface area contributed by atoms with Crippen LogP contribution in [0.25, 0.3) is 0 Å². The van der Waals surface area contributed by atoms with E-state index in [4.69, 9.17) is 4.74 Å². The first-order valence-corrected chi connectivity index (χ1v) is 7.41. The van der Waals surface area contributed by atoms with Crippen molar-refractivity contribution in [1.82, 2.24) is 4.90 Å². The van der Waals surface area contributed by atoms with Gasteiger partial charge in [-0.05, 0) is 50.3 Å². The van der Waals surface area contributed by atoms with E-state index in [0.717, 1.165) is 18.7 Å². The van der Waals surface area contributed by atoms with Crippen molar-refractivity contribution < 1.29 is 4.74 Å². The van der Waals surface area contributed by atoms with Crippen LogP contribution in [0.2, 0.25) is 0 Å². The lowest BCUT2D eigenvalue weighted by Crippen LogP contribution is -2.29. The van der Waals surface area contributed by atoms with E-state index in [1.54, 1.807) is 7.11 Å². The predicted octanol–water partition coefficient (Wildman–Crippen LogP) is 3.95. The molecular formula is C19H25NO. The lowest BCUT2D eigenvalue weighted by atomic mass is 9.73. The van der Waals surface area contributed by atoms with Crippen LogP contribution >= 0.6 is 0 Å². The summed E-state index contributed by atoms with van der Waals surface area (Å²) in [6.45, 7) is 3.38. The second-order valence-electron chi connectivity index (χ2n) is 5.98. The number of methoxy groups -OCH3 is 1. The Morgan fingerprint density at radius 3 is 2.00 bits per heavy atom. The Bertz CT molecular complexity index is 548. The second-order valence-corrected chi connectivity index (χ2v) is 5.98. The van der Waals surface area contributed by atoms with Crippen molar-refractivity contribution >= 4 is 0 Å². The van der Waals surface area contributed by atoms with Gasteiger partial charge in [-0.2, -0.15) is 0 Å². The minimum absolute atomic E-state index is 0.0117. The van der Waals surface area contributed by atoms with Gasteiger partial charge in [0.15, 0.2) is 0 Å². The van der Waals surface area contributed by atoms with E-state index in [1.165, 1.54) is 11.1 Å². The molecule has 0 unspecified atom stereocenters. The summed E-state index contributed by atoms with van der Waals surface area (Å²) < 4.78 is 5.28. The van der Waals surface area contributed by atoms with Crippen LogP contribution in [0.4, 0.5) is 0 Å². The van der Waals surface area contributed by atoms with E-state index < -0.39 is 0 Å². The zero-order chi connectivity index (χ0) is 15.3. The molecule has 0 radical (unpaired) electrons. The molecular weight excluding hydrogens is 258 g/mol. The third kappa shape index (κ3) is 3.64. The van der Waals surface area contributed by atoms with Crippen molar-refractivity contribution in [2.75, 3.05) is 27.7 Å². The van der Waals surface area contributed by atoms with Crippen LogP contribution < -0.4 is 4.74 Å². The standard InChI is InChI=1S/C19H25NO/c1-19(14-15-20(2)3,16-8-6-5-7-9-16)17-10-12-18(21-4)13-11-17/h5-13H,14-15H2,1-4H3/t19-/m1/s1. The first-order valence-electron chi connectivity index (χ1n) is 7.41. The molecule has 0 aliphatic rings. The SMILES string of the molecule is COc1ccc([C@](C)(CCN(C)C)c2ccccc2)cc1. The van der Waals surface area contributed by atoms with Crippen molar-refractivity contribution in [2.24, 2.45) is 0 Å². The maximum absolute atomic E-state index is 5.28. The first-order chi connectivity index (χ1) is 10.1. The van der Waals surface area contributed by atoms with E-state index in [-0.39, 0.29) is 5.41 Å². The van der Waals surface area contributed by atoms with Crippen molar-refractivity contribution in [3.05, 3.63) is 65.7 Å². The molecule has 2 heteroatoms. The molecule has 2 rings (SSSR count). The van der Waals surface area contributed by atoms with E-state index in [9.17, 15) is 0 Å². The Kier molecular flexibility index (Phi) is 5.03.